The van der Waals surface area contributed by atoms with Gasteiger partial charge in [-0.15, -0.1) is 0 Å². The molecule has 1 aromatic heterocycles. The zero-order valence-electron chi connectivity index (χ0n) is 22.2. The van der Waals surface area contributed by atoms with E-state index in [1.807, 2.05) is 56.0 Å². The molecule has 8 nitrogen and oxygen atoms in total. The predicted octanol–water partition coefficient (Wildman–Crippen LogP) is 5.08. The summed E-state index contributed by atoms with van der Waals surface area (Å²) in [7, 11) is 0. The van der Waals surface area contributed by atoms with Crippen LogP contribution < -0.4 is 4.74 Å². The number of nitrogens with zero attached hydrogens (tertiary/aromatic N) is 4. The highest BCUT2D eigenvalue weighted by Crippen LogP contribution is 2.34. The molecule has 0 unspecified atom stereocenters. The van der Waals surface area contributed by atoms with Crippen LogP contribution in [0.25, 0.3) is 0 Å². The molecule has 198 valence electrons. The maximum atomic E-state index is 13.5. The Morgan fingerprint density at radius 3 is 2.54 bits per heavy atom. The molecule has 2 aliphatic carbocycles. The average Bonchev–Trinajstić information content (AvgIpc) is 3.75. The van der Waals surface area contributed by atoms with Crippen LogP contribution in [0.5, 0.6) is 11.5 Å². The van der Waals surface area contributed by atoms with Gasteiger partial charge in [0.2, 0.25) is 0 Å². The fourth-order valence-electron chi connectivity index (χ4n) is 4.81. The summed E-state index contributed by atoms with van der Waals surface area (Å²) in [6, 6.07) is 10.1. The number of amides is 2. The number of benzene rings is 1. The topological polar surface area (TPSA) is 75.2 Å². The second kappa shape index (κ2) is 10.7. The standard InChI is InChI=1S/C29H38N4O4/c1-29(2,3)37-28(35)33(24-11-12-24)20-22-8-7-21(18-26(22)36-25-6-4-13-30-19-25)27(34)32-15-5-14-31(16-17-32)23-9-10-23/h4,6-8,13,18-19,23-24H,5,9-12,14-17,20H2,1-3H3. The lowest BCUT2D eigenvalue weighted by Crippen LogP contribution is -2.38. The Labute approximate surface area is 219 Å². The first-order chi connectivity index (χ1) is 17.8. The van der Waals surface area contributed by atoms with Gasteiger partial charge in [-0.2, -0.15) is 0 Å². The number of hydrogen-bond acceptors (Lipinski definition) is 6. The predicted molar refractivity (Wildman–Crippen MR) is 141 cm³/mol. The molecule has 1 aromatic carbocycles. The zero-order chi connectivity index (χ0) is 26.0. The molecule has 0 atom stereocenters. The molecule has 2 amide bonds. The minimum Gasteiger partial charge on any atom is -0.455 e. The maximum Gasteiger partial charge on any atom is 0.410 e. The third-order valence-corrected chi connectivity index (χ3v) is 7.01. The van der Waals surface area contributed by atoms with Crippen molar-refractivity contribution in [3.8, 4) is 11.5 Å². The summed E-state index contributed by atoms with van der Waals surface area (Å²) in [6.45, 7) is 9.47. The molecule has 8 heteroatoms. The summed E-state index contributed by atoms with van der Waals surface area (Å²) >= 11 is 0. The van der Waals surface area contributed by atoms with Crippen LogP contribution in [0, 0.1) is 0 Å². The Morgan fingerprint density at radius 2 is 1.86 bits per heavy atom. The van der Waals surface area contributed by atoms with Crippen LogP contribution >= 0.6 is 0 Å². The van der Waals surface area contributed by atoms with Crippen molar-refractivity contribution in [3.63, 3.8) is 0 Å². The number of pyridine rings is 1. The molecule has 0 spiro atoms. The van der Waals surface area contributed by atoms with Gasteiger partial charge < -0.3 is 19.3 Å². The first kappa shape index (κ1) is 25.5. The van der Waals surface area contributed by atoms with Gasteiger partial charge in [0.15, 0.2) is 0 Å². The van der Waals surface area contributed by atoms with Crippen molar-refractivity contribution in [1.82, 2.24) is 19.7 Å². The molecule has 2 saturated carbocycles. The van der Waals surface area contributed by atoms with Gasteiger partial charge in [-0.1, -0.05) is 6.07 Å². The molecule has 3 aliphatic rings. The number of ether oxygens (including phenoxy) is 2. The van der Waals surface area contributed by atoms with E-state index in [2.05, 4.69) is 9.88 Å². The Hall–Kier alpha value is -3.13. The van der Waals surface area contributed by atoms with Crippen LogP contribution in [0.15, 0.2) is 42.7 Å². The normalized spacial score (nSPS) is 18.7. The van der Waals surface area contributed by atoms with E-state index in [1.54, 1.807) is 17.3 Å². The molecule has 0 bridgehead atoms. The van der Waals surface area contributed by atoms with Crippen molar-refractivity contribution in [2.75, 3.05) is 26.2 Å². The summed E-state index contributed by atoms with van der Waals surface area (Å²) in [5.74, 6) is 1.16. The van der Waals surface area contributed by atoms with Crippen LogP contribution in [0.1, 0.15) is 68.8 Å². The van der Waals surface area contributed by atoms with Crippen molar-refractivity contribution < 1.29 is 19.1 Å². The summed E-state index contributed by atoms with van der Waals surface area (Å²) in [4.78, 5) is 36.9. The van der Waals surface area contributed by atoms with Gasteiger partial charge in [-0.25, -0.2) is 4.79 Å². The minimum absolute atomic E-state index is 0.0198. The smallest absolute Gasteiger partial charge is 0.410 e. The van der Waals surface area contributed by atoms with Gasteiger partial charge in [-0.3, -0.25) is 14.7 Å². The van der Waals surface area contributed by atoms with Gasteiger partial charge in [0.25, 0.3) is 5.91 Å². The van der Waals surface area contributed by atoms with Gasteiger partial charge in [0.05, 0.1) is 12.7 Å². The van der Waals surface area contributed by atoms with E-state index in [0.29, 0.717) is 29.6 Å². The minimum atomic E-state index is -0.572. The van der Waals surface area contributed by atoms with Crippen LogP contribution in [0.4, 0.5) is 4.79 Å². The van der Waals surface area contributed by atoms with Crippen molar-refractivity contribution in [2.24, 2.45) is 0 Å². The van der Waals surface area contributed by atoms with E-state index >= 15 is 0 Å². The second-order valence-electron chi connectivity index (χ2n) is 11.4. The number of rotatable bonds is 7. The van der Waals surface area contributed by atoms with E-state index in [1.165, 1.54) is 12.8 Å². The molecular formula is C29H38N4O4. The number of hydrogen-bond donors (Lipinski definition) is 0. The number of carbonyl (C=O) groups excluding carboxylic acids is 2. The Kier molecular flexibility index (Phi) is 7.38. The van der Waals surface area contributed by atoms with E-state index in [-0.39, 0.29) is 18.0 Å². The van der Waals surface area contributed by atoms with Gasteiger partial charge in [0, 0.05) is 55.6 Å². The third-order valence-electron chi connectivity index (χ3n) is 7.01. The summed E-state index contributed by atoms with van der Waals surface area (Å²) in [6.07, 6.45) is 8.49. The quantitative estimate of drug-likeness (QED) is 0.521. The van der Waals surface area contributed by atoms with Crippen molar-refractivity contribution >= 4 is 12.0 Å². The maximum absolute atomic E-state index is 13.5. The van der Waals surface area contributed by atoms with Gasteiger partial charge >= 0.3 is 6.09 Å². The number of carbonyl (C=O) groups is 2. The number of aromatic nitrogens is 1. The highest BCUT2D eigenvalue weighted by Gasteiger charge is 2.36. The van der Waals surface area contributed by atoms with Gasteiger partial charge in [0.1, 0.15) is 17.1 Å². The molecule has 1 saturated heterocycles. The fourth-order valence-corrected chi connectivity index (χ4v) is 4.81. The Bertz CT molecular complexity index is 1110. The zero-order valence-corrected chi connectivity index (χ0v) is 22.2. The second-order valence-corrected chi connectivity index (χ2v) is 11.4. The lowest BCUT2D eigenvalue weighted by molar-refractivity contribution is 0.0215. The lowest BCUT2D eigenvalue weighted by atomic mass is 10.1. The highest BCUT2D eigenvalue weighted by molar-refractivity contribution is 5.94. The van der Waals surface area contributed by atoms with Crippen molar-refractivity contribution in [3.05, 3.63) is 53.9 Å². The van der Waals surface area contributed by atoms with Crippen LogP contribution in [-0.4, -0.2) is 75.5 Å². The van der Waals surface area contributed by atoms with Crippen LogP contribution in [0.3, 0.4) is 0 Å². The Morgan fingerprint density at radius 1 is 1.05 bits per heavy atom. The summed E-state index contributed by atoms with van der Waals surface area (Å²) in [5.41, 5.74) is 0.851. The first-order valence-electron chi connectivity index (χ1n) is 13.5. The molecule has 0 radical (unpaired) electrons. The lowest BCUT2D eigenvalue weighted by Gasteiger charge is -2.28. The molecular weight excluding hydrogens is 468 g/mol. The Balaban J connectivity index is 1.37. The summed E-state index contributed by atoms with van der Waals surface area (Å²) < 4.78 is 11.9. The molecule has 5 rings (SSSR count). The molecule has 37 heavy (non-hydrogen) atoms. The first-order valence-corrected chi connectivity index (χ1v) is 13.5. The van der Waals surface area contributed by atoms with Crippen LogP contribution in [-0.2, 0) is 11.3 Å². The molecule has 2 aromatic rings. The van der Waals surface area contributed by atoms with E-state index in [0.717, 1.165) is 51.0 Å². The van der Waals surface area contributed by atoms with Crippen LogP contribution in [0.2, 0.25) is 0 Å². The summed E-state index contributed by atoms with van der Waals surface area (Å²) in [5, 5.41) is 0. The molecule has 1 aliphatic heterocycles. The highest BCUT2D eigenvalue weighted by atomic mass is 16.6. The van der Waals surface area contributed by atoms with E-state index in [9.17, 15) is 9.59 Å². The van der Waals surface area contributed by atoms with E-state index in [4.69, 9.17) is 9.47 Å². The molecule has 0 N–H and O–H groups in total. The largest absolute Gasteiger partial charge is 0.455 e. The van der Waals surface area contributed by atoms with Gasteiger partial charge in [-0.05, 0) is 77.1 Å². The monoisotopic (exact) mass is 506 g/mol. The molecule has 2 heterocycles. The van der Waals surface area contributed by atoms with Crippen molar-refractivity contribution in [1.29, 1.82) is 0 Å². The van der Waals surface area contributed by atoms with Crippen molar-refractivity contribution in [2.45, 2.75) is 77.1 Å². The average molecular weight is 507 g/mol. The SMILES string of the molecule is CC(C)(C)OC(=O)N(Cc1ccc(C(=O)N2CCCN(C3CC3)CC2)cc1Oc1cccnc1)C1CC1. The van der Waals surface area contributed by atoms with E-state index < -0.39 is 5.60 Å². The fraction of sp³-hybridized carbons (Fsp3) is 0.552. The molecule has 3 fully saturated rings. The third kappa shape index (κ3) is 6.80.